The molecule has 3 rings (SSSR count). The maximum absolute atomic E-state index is 12.4. The molecular weight excluding hydrogens is 282 g/mol. The zero-order chi connectivity index (χ0) is 15.6. The van der Waals surface area contributed by atoms with Crippen molar-refractivity contribution in [3.05, 3.63) is 30.0 Å². The molecule has 0 saturated heterocycles. The van der Waals surface area contributed by atoms with Gasteiger partial charge in [-0.3, -0.25) is 14.7 Å². The Bertz CT molecular complexity index is 701. The van der Waals surface area contributed by atoms with Crippen LogP contribution in [0.2, 0.25) is 0 Å². The SMILES string of the molecule is O=C(NCC1(C(=O)O)CCCCC1)c1cccc2cn[nH]c12. The van der Waals surface area contributed by atoms with Gasteiger partial charge in [0.2, 0.25) is 0 Å². The van der Waals surface area contributed by atoms with Crippen molar-refractivity contribution in [3.63, 3.8) is 0 Å². The lowest BCUT2D eigenvalue weighted by Crippen LogP contribution is -2.44. The highest BCUT2D eigenvalue weighted by atomic mass is 16.4. The molecule has 116 valence electrons. The van der Waals surface area contributed by atoms with Gasteiger partial charge in [-0.25, -0.2) is 0 Å². The summed E-state index contributed by atoms with van der Waals surface area (Å²) in [6.07, 6.45) is 5.77. The van der Waals surface area contributed by atoms with Crippen molar-refractivity contribution in [2.75, 3.05) is 6.54 Å². The molecule has 0 unspecified atom stereocenters. The van der Waals surface area contributed by atoms with E-state index in [0.717, 1.165) is 24.6 Å². The van der Waals surface area contributed by atoms with Crippen LogP contribution >= 0.6 is 0 Å². The van der Waals surface area contributed by atoms with Crippen molar-refractivity contribution in [2.45, 2.75) is 32.1 Å². The average molecular weight is 301 g/mol. The first-order chi connectivity index (χ1) is 10.6. The number of benzene rings is 1. The molecule has 1 fully saturated rings. The Morgan fingerprint density at radius 3 is 2.77 bits per heavy atom. The Labute approximate surface area is 127 Å². The predicted molar refractivity (Wildman–Crippen MR) is 81.6 cm³/mol. The van der Waals surface area contributed by atoms with Crippen molar-refractivity contribution in [3.8, 4) is 0 Å². The van der Waals surface area contributed by atoms with Gasteiger partial charge in [0.05, 0.1) is 22.7 Å². The van der Waals surface area contributed by atoms with Crippen molar-refractivity contribution in [2.24, 2.45) is 5.41 Å². The van der Waals surface area contributed by atoms with E-state index in [0.29, 0.717) is 23.9 Å². The Hall–Kier alpha value is -2.37. The molecule has 1 aliphatic rings. The second-order valence-corrected chi connectivity index (χ2v) is 5.97. The lowest BCUT2D eigenvalue weighted by atomic mass is 9.74. The highest BCUT2D eigenvalue weighted by Gasteiger charge is 2.39. The number of nitrogens with zero attached hydrogens (tertiary/aromatic N) is 1. The van der Waals surface area contributed by atoms with Crippen LogP contribution in [-0.2, 0) is 4.79 Å². The molecule has 1 heterocycles. The van der Waals surface area contributed by atoms with E-state index in [4.69, 9.17) is 0 Å². The van der Waals surface area contributed by atoms with Gasteiger partial charge in [0.1, 0.15) is 0 Å². The van der Waals surface area contributed by atoms with Crippen LogP contribution in [-0.4, -0.2) is 33.7 Å². The van der Waals surface area contributed by atoms with Crippen LogP contribution in [0.3, 0.4) is 0 Å². The van der Waals surface area contributed by atoms with Gasteiger partial charge in [-0.2, -0.15) is 5.10 Å². The fourth-order valence-corrected chi connectivity index (χ4v) is 3.20. The number of aromatic amines is 1. The normalized spacial score (nSPS) is 17.3. The third-order valence-corrected chi connectivity index (χ3v) is 4.57. The molecule has 0 spiro atoms. The fourth-order valence-electron chi connectivity index (χ4n) is 3.20. The molecule has 2 aromatic rings. The summed E-state index contributed by atoms with van der Waals surface area (Å²) in [6.45, 7) is 0.172. The van der Waals surface area contributed by atoms with Crippen molar-refractivity contribution in [1.82, 2.24) is 15.5 Å². The van der Waals surface area contributed by atoms with E-state index >= 15 is 0 Å². The maximum Gasteiger partial charge on any atom is 0.311 e. The van der Waals surface area contributed by atoms with E-state index < -0.39 is 11.4 Å². The van der Waals surface area contributed by atoms with Gasteiger partial charge in [-0.15, -0.1) is 0 Å². The zero-order valence-electron chi connectivity index (χ0n) is 12.3. The van der Waals surface area contributed by atoms with E-state index in [9.17, 15) is 14.7 Å². The number of aromatic nitrogens is 2. The van der Waals surface area contributed by atoms with Gasteiger partial charge < -0.3 is 10.4 Å². The third-order valence-electron chi connectivity index (χ3n) is 4.57. The minimum Gasteiger partial charge on any atom is -0.481 e. The van der Waals surface area contributed by atoms with Gasteiger partial charge in [0.25, 0.3) is 5.91 Å². The van der Waals surface area contributed by atoms with E-state index in [-0.39, 0.29) is 12.5 Å². The van der Waals surface area contributed by atoms with E-state index in [1.165, 1.54) is 0 Å². The number of amides is 1. The first kappa shape index (κ1) is 14.6. The van der Waals surface area contributed by atoms with Crippen LogP contribution in [0.4, 0.5) is 0 Å². The molecule has 22 heavy (non-hydrogen) atoms. The molecule has 3 N–H and O–H groups in total. The summed E-state index contributed by atoms with van der Waals surface area (Å²) in [7, 11) is 0. The number of fused-ring (bicyclic) bond motifs is 1. The summed E-state index contributed by atoms with van der Waals surface area (Å²) in [5.74, 6) is -1.08. The highest BCUT2D eigenvalue weighted by molar-refractivity contribution is 6.05. The molecule has 1 aliphatic carbocycles. The summed E-state index contributed by atoms with van der Waals surface area (Å²) < 4.78 is 0. The van der Waals surface area contributed by atoms with E-state index in [2.05, 4.69) is 15.5 Å². The van der Waals surface area contributed by atoms with E-state index in [1.807, 2.05) is 6.07 Å². The smallest absolute Gasteiger partial charge is 0.311 e. The van der Waals surface area contributed by atoms with Gasteiger partial charge in [0, 0.05) is 11.9 Å². The van der Waals surface area contributed by atoms with Gasteiger partial charge >= 0.3 is 5.97 Å². The summed E-state index contributed by atoms with van der Waals surface area (Å²) in [6, 6.07) is 5.37. The number of carbonyl (C=O) groups excluding carboxylic acids is 1. The van der Waals surface area contributed by atoms with Gasteiger partial charge in [-0.05, 0) is 18.9 Å². The summed E-state index contributed by atoms with van der Waals surface area (Å²) in [5.41, 5.74) is 0.342. The quantitative estimate of drug-likeness (QED) is 0.807. The first-order valence-corrected chi connectivity index (χ1v) is 7.56. The molecule has 6 nitrogen and oxygen atoms in total. The highest BCUT2D eigenvalue weighted by Crippen LogP contribution is 2.36. The Kier molecular flexibility index (Phi) is 3.83. The van der Waals surface area contributed by atoms with Crippen molar-refractivity contribution < 1.29 is 14.7 Å². The van der Waals surface area contributed by atoms with Crippen LogP contribution in [0.25, 0.3) is 10.9 Å². The number of rotatable bonds is 4. The summed E-state index contributed by atoms with van der Waals surface area (Å²) in [4.78, 5) is 24.0. The van der Waals surface area contributed by atoms with Crippen LogP contribution in [0.1, 0.15) is 42.5 Å². The first-order valence-electron chi connectivity index (χ1n) is 7.56. The number of carboxylic acid groups (broad SMARTS) is 1. The standard InChI is InChI=1S/C16H19N3O3/c20-14(12-6-4-5-11-9-18-19-13(11)12)17-10-16(15(21)22)7-2-1-3-8-16/h4-6,9H,1-3,7-8,10H2,(H,17,20)(H,18,19)(H,21,22). The summed E-state index contributed by atoms with van der Waals surface area (Å²) >= 11 is 0. The number of nitrogens with one attached hydrogen (secondary N) is 2. The second-order valence-electron chi connectivity index (χ2n) is 5.97. The summed E-state index contributed by atoms with van der Waals surface area (Å²) in [5, 5.41) is 20.0. The number of H-pyrrole nitrogens is 1. The Balaban J connectivity index is 1.76. The molecule has 1 saturated carbocycles. The van der Waals surface area contributed by atoms with Crippen LogP contribution in [0.5, 0.6) is 0 Å². The Morgan fingerprint density at radius 1 is 1.27 bits per heavy atom. The molecule has 1 aromatic carbocycles. The van der Waals surface area contributed by atoms with Crippen LogP contribution in [0, 0.1) is 5.41 Å². The fraction of sp³-hybridized carbons (Fsp3) is 0.438. The van der Waals surface area contributed by atoms with Crippen molar-refractivity contribution >= 4 is 22.8 Å². The van der Waals surface area contributed by atoms with E-state index in [1.54, 1.807) is 18.3 Å². The minimum atomic E-state index is -0.824. The second kappa shape index (κ2) is 5.79. The number of aliphatic carboxylic acids is 1. The number of carboxylic acids is 1. The molecule has 0 atom stereocenters. The van der Waals surface area contributed by atoms with Crippen molar-refractivity contribution in [1.29, 1.82) is 0 Å². The van der Waals surface area contributed by atoms with Crippen LogP contribution < -0.4 is 5.32 Å². The molecule has 0 aliphatic heterocycles. The van der Waals surface area contributed by atoms with Gasteiger partial charge in [-0.1, -0.05) is 31.4 Å². The molecule has 1 aromatic heterocycles. The number of para-hydroxylation sites is 1. The molecule has 6 heteroatoms. The predicted octanol–water partition coefficient (Wildman–Crippen LogP) is 2.33. The molecule has 1 amide bonds. The van der Waals surface area contributed by atoms with Gasteiger partial charge in [0.15, 0.2) is 0 Å². The maximum atomic E-state index is 12.4. The third kappa shape index (κ3) is 2.56. The lowest BCUT2D eigenvalue weighted by molar-refractivity contribution is -0.150. The topological polar surface area (TPSA) is 95.1 Å². The molecule has 0 radical (unpaired) electrons. The lowest BCUT2D eigenvalue weighted by Gasteiger charge is -2.33. The number of carbonyl (C=O) groups is 2. The molecule has 0 bridgehead atoms. The molecular formula is C16H19N3O3. The average Bonchev–Trinajstić information content (AvgIpc) is 3.02. The number of hydrogen-bond acceptors (Lipinski definition) is 3. The zero-order valence-corrected chi connectivity index (χ0v) is 12.3. The monoisotopic (exact) mass is 301 g/mol. The largest absolute Gasteiger partial charge is 0.481 e. The Morgan fingerprint density at radius 2 is 2.05 bits per heavy atom. The number of hydrogen-bond donors (Lipinski definition) is 3. The van der Waals surface area contributed by atoms with Crippen LogP contribution in [0.15, 0.2) is 24.4 Å². The minimum absolute atomic E-state index is 0.172.